The van der Waals surface area contributed by atoms with Crippen molar-refractivity contribution in [3.05, 3.63) is 56.5 Å². The molecule has 0 radical (unpaired) electrons. The Morgan fingerprint density at radius 2 is 1.65 bits per heavy atom. The Morgan fingerprint density at radius 1 is 1.08 bits per heavy atom. The number of halogens is 2. The van der Waals surface area contributed by atoms with Crippen molar-refractivity contribution in [2.45, 2.75) is 18.4 Å². The Morgan fingerprint density at radius 3 is 2.12 bits per heavy atom. The van der Waals surface area contributed by atoms with E-state index in [1.165, 1.54) is 4.90 Å². The largest absolute Gasteiger partial charge is 0.480 e. The second kappa shape index (κ2) is 6.70. The minimum absolute atomic E-state index is 0.0801. The summed E-state index contributed by atoms with van der Waals surface area (Å²) in [5.41, 5.74) is 4.45. The highest BCUT2D eigenvalue weighted by molar-refractivity contribution is 9.10. The molecule has 0 saturated carbocycles. The van der Waals surface area contributed by atoms with Crippen molar-refractivity contribution in [3.8, 4) is 11.1 Å². The summed E-state index contributed by atoms with van der Waals surface area (Å²) in [5, 5.41) is 9.09. The number of hydrogen-bond acceptors (Lipinski definition) is 3. The monoisotopic (exact) mass is 479 g/mol. The van der Waals surface area contributed by atoms with Crippen molar-refractivity contribution in [2.24, 2.45) is 0 Å². The van der Waals surface area contributed by atoms with Gasteiger partial charge in [-0.15, -0.1) is 0 Å². The fourth-order valence-electron chi connectivity index (χ4n) is 3.58. The number of nitrogens with zero attached hydrogens (tertiary/aromatic N) is 1. The summed E-state index contributed by atoms with van der Waals surface area (Å²) in [6, 6.07) is 11.4. The molecule has 0 bridgehead atoms. The standard InChI is InChI=1S/C19H15Br2NO4/c20-10-1-3-12-13-4-2-11(21)8-15(13)16(14(12)7-10)9-26-19(25)22-6-5-17(22)18(23)24/h1-4,7-8,16-17H,5-6,9H2,(H,23,24). The van der Waals surface area contributed by atoms with Crippen molar-refractivity contribution >= 4 is 43.9 Å². The summed E-state index contributed by atoms with van der Waals surface area (Å²) in [6.45, 7) is 0.597. The number of ether oxygens (including phenoxy) is 1. The molecule has 0 aromatic heterocycles. The summed E-state index contributed by atoms with van der Waals surface area (Å²) in [7, 11) is 0. The number of aliphatic carboxylic acids is 1. The maximum atomic E-state index is 12.3. The number of fused-ring (bicyclic) bond motifs is 3. The molecule has 1 fully saturated rings. The second-order valence-corrected chi connectivity index (χ2v) is 8.26. The first-order valence-corrected chi connectivity index (χ1v) is 9.80. The molecule has 26 heavy (non-hydrogen) atoms. The minimum atomic E-state index is -0.988. The third-order valence-electron chi connectivity index (χ3n) is 4.98. The lowest BCUT2D eigenvalue weighted by molar-refractivity contribution is -0.146. The lowest BCUT2D eigenvalue weighted by atomic mass is 9.98. The number of carbonyl (C=O) groups excluding carboxylic acids is 1. The molecule has 1 saturated heterocycles. The van der Waals surface area contributed by atoms with Gasteiger partial charge in [0.25, 0.3) is 0 Å². The molecule has 134 valence electrons. The first-order valence-electron chi connectivity index (χ1n) is 8.21. The predicted octanol–water partition coefficient (Wildman–Crippen LogP) is 4.62. The van der Waals surface area contributed by atoms with Gasteiger partial charge in [-0.25, -0.2) is 9.59 Å². The van der Waals surface area contributed by atoms with Crippen LogP contribution in [0.4, 0.5) is 4.79 Å². The molecule has 2 aromatic carbocycles. The van der Waals surface area contributed by atoms with Crippen molar-refractivity contribution in [1.29, 1.82) is 0 Å². The third-order valence-corrected chi connectivity index (χ3v) is 5.97. The zero-order valence-corrected chi connectivity index (χ0v) is 16.8. The van der Waals surface area contributed by atoms with Crippen LogP contribution in [-0.2, 0) is 9.53 Å². The quantitative estimate of drug-likeness (QED) is 0.696. The zero-order valence-electron chi connectivity index (χ0n) is 13.6. The van der Waals surface area contributed by atoms with E-state index in [1.807, 2.05) is 24.3 Å². The van der Waals surface area contributed by atoms with Gasteiger partial charge in [0.05, 0.1) is 0 Å². The molecule has 2 aliphatic rings. The smallest absolute Gasteiger partial charge is 0.410 e. The molecule has 4 rings (SSSR count). The highest BCUT2D eigenvalue weighted by atomic mass is 79.9. The molecule has 1 aliphatic carbocycles. The van der Waals surface area contributed by atoms with Gasteiger partial charge in [-0.2, -0.15) is 0 Å². The molecule has 2 aromatic rings. The van der Waals surface area contributed by atoms with Crippen LogP contribution in [0.3, 0.4) is 0 Å². The van der Waals surface area contributed by atoms with Gasteiger partial charge in [-0.05, 0) is 52.9 Å². The molecular formula is C19H15Br2NO4. The molecule has 7 heteroatoms. The average molecular weight is 481 g/mol. The van der Waals surface area contributed by atoms with Crippen molar-refractivity contribution in [1.82, 2.24) is 4.90 Å². The number of carboxylic acid groups (broad SMARTS) is 1. The van der Waals surface area contributed by atoms with Gasteiger partial charge in [-0.3, -0.25) is 4.90 Å². The number of carboxylic acids is 1. The lowest BCUT2D eigenvalue weighted by Crippen LogP contribution is -2.55. The second-order valence-electron chi connectivity index (χ2n) is 6.43. The molecule has 1 N–H and O–H groups in total. The van der Waals surface area contributed by atoms with E-state index in [-0.39, 0.29) is 12.5 Å². The minimum Gasteiger partial charge on any atom is -0.480 e. The maximum absolute atomic E-state index is 12.3. The lowest BCUT2D eigenvalue weighted by Gasteiger charge is -2.37. The zero-order chi connectivity index (χ0) is 18.4. The van der Waals surface area contributed by atoms with Gasteiger partial charge in [0, 0.05) is 21.4 Å². The van der Waals surface area contributed by atoms with Gasteiger partial charge in [0.1, 0.15) is 12.6 Å². The number of amides is 1. The normalized spacial score (nSPS) is 18.1. The van der Waals surface area contributed by atoms with Crippen molar-refractivity contribution in [2.75, 3.05) is 13.2 Å². The van der Waals surface area contributed by atoms with Gasteiger partial charge in [0.2, 0.25) is 0 Å². The molecule has 1 amide bonds. The molecule has 1 unspecified atom stereocenters. The molecular weight excluding hydrogens is 466 g/mol. The SMILES string of the molecule is O=C(O)C1CCN1C(=O)OCC1c2cc(Br)ccc2-c2ccc(Br)cc21. The molecule has 0 spiro atoms. The Balaban J connectivity index is 1.58. The van der Waals surface area contributed by atoms with Crippen LogP contribution in [0, 0.1) is 0 Å². The fourth-order valence-corrected chi connectivity index (χ4v) is 4.34. The summed E-state index contributed by atoms with van der Waals surface area (Å²) >= 11 is 7.02. The summed E-state index contributed by atoms with van der Waals surface area (Å²) in [5.74, 6) is -1.07. The third kappa shape index (κ3) is 2.93. The first kappa shape index (κ1) is 17.5. The average Bonchev–Trinajstić information content (AvgIpc) is 2.83. The number of rotatable bonds is 3. The van der Waals surface area contributed by atoms with E-state index in [1.54, 1.807) is 0 Å². The Kier molecular flexibility index (Phi) is 4.52. The highest BCUT2D eigenvalue weighted by Crippen LogP contribution is 2.46. The first-order chi connectivity index (χ1) is 12.5. The molecule has 1 heterocycles. The van der Waals surface area contributed by atoms with Crippen molar-refractivity contribution < 1.29 is 19.4 Å². The predicted molar refractivity (Wildman–Crippen MR) is 103 cm³/mol. The number of carbonyl (C=O) groups is 2. The number of likely N-dealkylation sites (tertiary alicyclic amines) is 1. The van der Waals surface area contributed by atoms with Crippen molar-refractivity contribution in [3.63, 3.8) is 0 Å². The van der Waals surface area contributed by atoms with Crippen LogP contribution in [0.5, 0.6) is 0 Å². The molecule has 1 aliphatic heterocycles. The van der Waals surface area contributed by atoms with Gasteiger partial charge in [0.15, 0.2) is 0 Å². The Bertz CT molecular complexity index is 863. The fraction of sp³-hybridized carbons (Fsp3) is 0.263. The highest BCUT2D eigenvalue weighted by Gasteiger charge is 2.39. The van der Waals surface area contributed by atoms with E-state index < -0.39 is 18.1 Å². The molecule has 5 nitrogen and oxygen atoms in total. The van der Waals surface area contributed by atoms with E-state index in [0.717, 1.165) is 31.2 Å². The van der Waals surface area contributed by atoms with E-state index in [2.05, 4.69) is 44.0 Å². The van der Waals surface area contributed by atoms with Crippen LogP contribution < -0.4 is 0 Å². The van der Waals surface area contributed by atoms with Gasteiger partial charge in [-0.1, -0.05) is 44.0 Å². The summed E-state index contributed by atoms with van der Waals surface area (Å²) in [6.07, 6.45) is -0.0944. The van der Waals surface area contributed by atoms with Crippen LogP contribution in [0.2, 0.25) is 0 Å². The van der Waals surface area contributed by atoms with Crippen LogP contribution >= 0.6 is 31.9 Å². The van der Waals surface area contributed by atoms with Crippen LogP contribution in [0.15, 0.2) is 45.3 Å². The Hall–Kier alpha value is -1.86. The van der Waals surface area contributed by atoms with Gasteiger partial charge < -0.3 is 9.84 Å². The van der Waals surface area contributed by atoms with E-state index in [4.69, 9.17) is 9.84 Å². The number of hydrogen-bond donors (Lipinski definition) is 1. The summed E-state index contributed by atoms with van der Waals surface area (Å²) in [4.78, 5) is 24.6. The topological polar surface area (TPSA) is 66.8 Å². The Labute approximate surface area is 167 Å². The molecule has 1 atom stereocenters. The van der Waals surface area contributed by atoms with Crippen LogP contribution in [0.1, 0.15) is 23.5 Å². The maximum Gasteiger partial charge on any atom is 0.410 e. The van der Waals surface area contributed by atoms with Gasteiger partial charge >= 0.3 is 12.1 Å². The van der Waals surface area contributed by atoms with E-state index in [0.29, 0.717) is 13.0 Å². The summed E-state index contributed by atoms with van der Waals surface area (Å²) < 4.78 is 7.43. The van der Waals surface area contributed by atoms with Crippen LogP contribution in [0.25, 0.3) is 11.1 Å². The van der Waals surface area contributed by atoms with E-state index in [9.17, 15) is 9.59 Å². The number of benzene rings is 2. The van der Waals surface area contributed by atoms with Crippen LogP contribution in [-0.4, -0.2) is 41.3 Å². The van der Waals surface area contributed by atoms with E-state index >= 15 is 0 Å².